The third kappa shape index (κ3) is 4.64. The van der Waals surface area contributed by atoms with E-state index >= 15 is 0 Å². The lowest BCUT2D eigenvalue weighted by atomic mass is 9.70. The number of carbonyl (C=O) groups excluding carboxylic acids is 1. The largest absolute Gasteiger partial charge is 0.378 e. The Bertz CT molecular complexity index is 1530. The molecule has 3 aliphatic rings. The van der Waals surface area contributed by atoms with E-state index in [-0.39, 0.29) is 17.3 Å². The van der Waals surface area contributed by atoms with Gasteiger partial charge in [0.1, 0.15) is 6.61 Å². The van der Waals surface area contributed by atoms with Crippen molar-refractivity contribution in [2.45, 2.75) is 51.8 Å². The standard InChI is InChI=1S/C33H38N4O3/c1-21(2)40-14-6-7-23-16-26-27(17-29(23)37-12-10-36(11-13-37)24-19-39-20-24)33(3,4)32-30(31(26)38)25-9-8-22(18-34-5)15-28(25)35-32/h8-9,15-17,21,24,35H,5,10-14,18-20H2,1-4H3. The number of benzene rings is 2. The molecule has 2 aromatic carbocycles. The van der Waals surface area contributed by atoms with Crippen LogP contribution < -0.4 is 4.90 Å². The van der Waals surface area contributed by atoms with Gasteiger partial charge in [-0.3, -0.25) is 14.7 Å². The molecule has 2 fully saturated rings. The number of nitrogens with one attached hydrogen (secondary N) is 1. The number of ether oxygens (including phenoxy) is 2. The van der Waals surface area contributed by atoms with E-state index in [2.05, 4.69) is 64.3 Å². The number of carbonyl (C=O) groups is 1. The molecule has 1 N–H and O–H groups in total. The minimum absolute atomic E-state index is 0.0491. The predicted molar refractivity (Wildman–Crippen MR) is 160 cm³/mol. The van der Waals surface area contributed by atoms with Gasteiger partial charge in [-0.1, -0.05) is 37.8 Å². The first-order chi connectivity index (χ1) is 19.3. The van der Waals surface area contributed by atoms with Crippen molar-refractivity contribution >= 4 is 29.1 Å². The summed E-state index contributed by atoms with van der Waals surface area (Å²) in [5.41, 5.74) is 7.13. The highest BCUT2D eigenvalue weighted by molar-refractivity contribution is 6.20. The van der Waals surface area contributed by atoms with Crippen molar-refractivity contribution in [1.29, 1.82) is 0 Å². The molecule has 40 heavy (non-hydrogen) atoms. The Kier molecular flexibility index (Phi) is 7.03. The first-order valence-electron chi connectivity index (χ1n) is 14.3. The quantitative estimate of drug-likeness (QED) is 0.369. The second-order valence-electron chi connectivity index (χ2n) is 11.9. The van der Waals surface area contributed by atoms with Crippen LogP contribution in [0.25, 0.3) is 10.9 Å². The highest BCUT2D eigenvalue weighted by atomic mass is 16.5. The second-order valence-corrected chi connectivity index (χ2v) is 11.9. The molecule has 2 saturated heterocycles. The molecule has 7 nitrogen and oxygen atoms in total. The maximum atomic E-state index is 14.1. The molecule has 208 valence electrons. The van der Waals surface area contributed by atoms with Crippen molar-refractivity contribution in [3.63, 3.8) is 0 Å². The number of hydrogen-bond acceptors (Lipinski definition) is 6. The number of H-pyrrole nitrogens is 1. The molecule has 3 aromatic rings. The Hall–Kier alpha value is -3.44. The van der Waals surface area contributed by atoms with Crippen molar-refractivity contribution < 1.29 is 14.3 Å². The lowest BCUT2D eigenvalue weighted by molar-refractivity contribution is -0.0660. The van der Waals surface area contributed by atoms with Crippen LogP contribution in [0.3, 0.4) is 0 Å². The first kappa shape index (κ1) is 26.8. The topological polar surface area (TPSA) is 70.2 Å². The van der Waals surface area contributed by atoms with E-state index in [1.165, 1.54) is 0 Å². The van der Waals surface area contributed by atoms with E-state index in [1.54, 1.807) is 0 Å². The third-order valence-electron chi connectivity index (χ3n) is 8.57. The molecular weight excluding hydrogens is 500 g/mol. The number of rotatable bonds is 6. The van der Waals surface area contributed by atoms with Gasteiger partial charge in [-0.05, 0) is 49.9 Å². The van der Waals surface area contributed by atoms with E-state index in [1.807, 2.05) is 32.0 Å². The summed E-state index contributed by atoms with van der Waals surface area (Å²) in [6.07, 6.45) is 0.117. The van der Waals surface area contributed by atoms with Gasteiger partial charge in [-0.25, -0.2) is 0 Å². The SMILES string of the molecule is C=NCc1ccc2c3c([nH]c2c1)C(C)(C)c1cc(N2CCN(C4COC4)CC2)c(C#CCOC(C)C)cc1C3=O. The van der Waals surface area contributed by atoms with Crippen molar-refractivity contribution in [1.82, 2.24) is 9.88 Å². The third-order valence-corrected chi connectivity index (χ3v) is 8.57. The summed E-state index contributed by atoms with van der Waals surface area (Å²) < 4.78 is 11.1. The zero-order valence-electron chi connectivity index (χ0n) is 24.0. The molecule has 0 spiro atoms. The number of hydrogen-bond donors (Lipinski definition) is 1. The van der Waals surface area contributed by atoms with Crippen molar-refractivity contribution in [3.05, 3.63) is 63.8 Å². The van der Waals surface area contributed by atoms with E-state index in [4.69, 9.17) is 9.47 Å². The van der Waals surface area contributed by atoms with Crippen LogP contribution in [0, 0.1) is 11.8 Å². The average molecular weight is 539 g/mol. The summed E-state index contributed by atoms with van der Waals surface area (Å²) in [6, 6.07) is 10.9. The first-order valence-corrected chi connectivity index (χ1v) is 14.3. The van der Waals surface area contributed by atoms with Crippen LogP contribution in [0.15, 0.2) is 35.3 Å². The number of piperazine rings is 1. The van der Waals surface area contributed by atoms with Crippen LogP contribution in [0.4, 0.5) is 5.69 Å². The molecule has 1 aliphatic carbocycles. The molecule has 7 heteroatoms. The summed E-state index contributed by atoms with van der Waals surface area (Å²) in [4.78, 5) is 26.7. The van der Waals surface area contributed by atoms with Crippen LogP contribution in [0.1, 0.15) is 66.0 Å². The summed E-state index contributed by atoms with van der Waals surface area (Å²) in [5.74, 6) is 6.62. The van der Waals surface area contributed by atoms with E-state index in [0.717, 1.165) is 89.5 Å². The summed E-state index contributed by atoms with van der Waals surface area (Å²) in [6.45, 7) is 18.4. The number of anilines is 1. The van der Waals surface area contributed by atoms with Gasteiger partial charge in [0.05, 0.1) is 43.2 Å². The van der Waals surface area contributed by atoms with Gasteiger partial charge in [0, 0.05) is 59.3 Å². The lowest BCUT2D eigenvalue weighted by Gasteiger charge is -2.43. The molecule has 2 aliphatic heterocycles. The zero-order valence-corrected chi connectivity index (χ0v) is 24.0. The van der Waals surface area contributed by atoms with Gasteiger partial charge >= 0.3 is 0 Å². The summed E-state index contributed by atoms with van der Waals surface area (Å²) in [5, 5.41) is 0.949. The minimum Gasteiger partial charge on any atom is -0.378 e. The van der Waals surface area contributed by atoms with Gasteiger partial charge < -0.3 is 19.4 Å². The number of fused-ring (bicyclic) bond motifs is 4. The van der Waals surface area contributed by atoms with Crippen molar-refractivity contribution in [3.8, 4) is 11.8 Å². The number of ketones is 1. The smallest absolute Gasteiger partial charge is 0.195 e. The Morgan fingerprint density at radius 1 is 1.18 bits per heavy atom. The number of nitrogens with zero attached hydrogens (tertiary/aromatic N) is 3. The molecule has 0 amide bonds. The molecule has 0 radical (unpaired) electrons. The lowest BCUT2D eigenvalue weighted by Crippen LogP contribution is -2.56. The second kappa shape index (κ2) is 10.5. The molecular formula is C33H38N4O3. The molecule has 1 aromatic heterocycles. The fraction of sp³-hybridized carbons (Fsp3) is 0.455. The van der Waals surface area contributed by atoms with Crippen LogP contribution in [0.5, 0.6) is 0 Å². The van der Waals surface area contributed by atoms with Gasteiger partial charge in [-0.15, -0.1) is 0 Å². The minimum atomic E-state index is -0.388. The average Bonchev–Trinajstić information content (AvgIpc) is 3.29. The van der Waals surface area contributed by atoms with Crippen molar-refractivity contribution in [2.75, 3.05) is 50.9 Å². The number of aromatic amines is 1. The Balaban J connectivity index is 1.42. The maximum Gasteiger partial charge on any atom is 0.195 e. The summed E-state index contributed by atoms with van der Waals surface area (Å²) >= 11 is 0. The summed E-state index contributed by atoms with van der Waals surface area (Å²) in [7, 11) is 0. The molecule has 0 unspecified atom stereocenters. The van der Waals surface area contributed by atoms with Gasteiger partial charge in [0.2, 0.25) is 0 Å². The molecule has 3 heterocycles. The van der Waals surface area contributed by atoms with Gasteiger partial charge in [0.25, 0.3) is 0 Å². The monoisotopic (exact) mass is 538 g/mol. The Labute approximate surface area is 236 Å². The van der Waals surface area contributed by atoms with Crippen LogP contribution in [0.2, 0.25) is 0 Å². The highest BCUT2D eigenvalue weighted by Crippen LogP contribution is 2.45. The molecule has 0 atom stereocenters. The fourth-order valence-corrected chi connectivity index (χ4v) is 6.20. The Morgan fingerprint density at radius 3 is 2.62 bits per heavy atom. The zero-order chi connectivity index (χ0) is 28.0. The molecule has 6 rings (SSSR count). The number of aromatic nitrogens is 1. The van der Waals surface area contributed by atoms with Crippen LogP contribution >= 0.6 is 0 Å². The van der Waals surface area contributed by atoms with E-state index < -0.39 is 0 Å². The van der Waals surface area contributed by atoms with Crippen LogP contribution in [-0.2, 0) is 21.4 Å². The van der Waals surface area contributed by atoms with Gasteiger partial charge in [-0.2, -0.15) is 0 Å². The normalized spacial score (nSPS) is 18.7. The van der Waals surface area contributed by atoms with Gasteiger partial charge in [0.15, 0.2) is 5.78 Å². The molecule has 0 saturated carbocycles. The Morgan fingerprint density at radius 2 is 1.95 bits per heavy atom. The van der Waals surface area contributed by atoms with Crippen molar-refractivity contribution in [2.24, 2.45) is 4.99 Å². The van der Waals surface area contributed by atoms with Crippen LogP contribution in [-0.4, -0.2) is 80.5 Å². The maximum absolute atomic E-state index is 14.1. The highest BCUT2D eigenvalue weighted by Gasteiger charge is 2.41. The molecule has 0 bridgehead atoms. The number of aliphatic imine (C=N–C) groups is 1. The predicted octanol–water partition coefficient (Wildman–Crippen LogP) is 4.54. The van der Waals surface area contributed by atoms with E-state index in [9.17, 15) is 4.79 Å². The van der Waals surface area contributed by atoms with E-state index in [0.29, 0.717) is 19.2 Å². The fourth-order valence-electron chi connectivity index (χ4n) is 6.20.